The van der Waals surface area contributed by atoms with Crippen molar-refractivity contribution in [1.29, 1.82) is 0 Å². The van der Waals surface area contributed by atoms with E-state index in [-0.39, 0.29) is 11.9 Å². The Kier molecular flexibility index (Phi) is 6.02. The fourth-order valence-electron chi connectivity index (χ4n) is 3.53. The molecule has 2 rings (SSSR count). The first-order valence-corrected chi connectivity index (χ1v) is 8.30. The summed E-state index contributed by atoms with van der Waals surface area (Å²) in [6.07, 6.45) is 4.10. The van der Waals surface area contributed by atoms with Gasteiger partial charge in [-0.1, -0.05) is 0 Å². The van der Waals surface area contributed by atoms with Crippen LogP contribution in [0.1, 0.15) is 39.0 Å². The third kappa shape index (κ3) is 4.94. The molecule has 0 aromatic rings. The first-order valence-electron chi connectivity index (χ1n) is 8.30. The largest absolute Gasteiger partial charge is 0.466 e. The summed E-state index contributed by atoms with van der Waals surface area (Å²) in [6, 6.07) is 0. The number of rotatable bonds is 6. The van der Waals surface area contributed by atoms with Gasteiger partial charge in [0.15, 0.2) is 0 Å². The predicted molar refractivity (Wildman–Crippen MR) is 82.0 cm³/mol. The van der Waals surface area contributed by atoms with Crippen molar-refractivity contribution in [2.45, 2.75) is 44.6 Å². The lowest BCUT2D eigenvalue weighted by Gasteiger charge is -2.35. The van der Waals surface area contributed by atoms with E-state index in [0.29, 0.717) is 31.9 Å². The molecule has 1 aliphatic carbocycles. The Balaban J connectivity index is 1.66. The van der Waals surface area contributed by atoms with Crippen LogP contribution in [0.4, 0.5) is 0 Å². The van der Waals surface area contributed by atoms with Crippen molar-refractivity contribution in [3.8, 4) is 0 Å². The lowest BCUT2D eigenvalue weighted by atomic mass is 9.78. The number of nitrogens with one attached hydrogen (secondary N) is 1. The zero-order chi connectivity index (χ0) is 15.3. The van der Waals surface area contributed by atoms with Gasteiger partial charge < -0.3 is 20.1 Å². The Hall–Kier alpha value is -0.650. The van der Waals surface area contributed by atoms with Crippen molar-refractivity contribution in [3.63, 3.8) is 0 Å². The van der Waals surface area contributed by atoms with Crippen LogP contribution in [0.2, 0.25) is 0 Å². The lowest BCUT2D eigenvalue weighted by Crippen LogP contribution is -2.45. The second-order valence-electron chi connectivity index (χ2n) is 6.80. The smallest absolute Gasteiger partial charge is 0.308 e. The van der Waals surface area contributed by atoms with E-state index in [2.05, 4.69) is 17.3 Å². The van der Waals surface area contributed by atoms with Crippen LogP contribution < -0.4 is 5.32 Å². The summed E-state index contributed by atoms with van der Waals surface area (Å²) in [5, 5.41) is 14.0. The van der Waals surface area contributed by atoms with Crippen molar-refractivity contribution in [2.75, 3.05) is 39.8 Å². The van der Waals surface area contributed by atoms with Gasteiger partial charge >= 0.3 is 5.97 Å². The van der Waals surface area contributed by atoms with Crippen molar-refractivity contribution in [2.24, 2.45) is 11.8 Å². The van der Waals surface area contributed by atoms with Crippen LogP contribution in [0.3, 0.4) is 0 Å². The highest BCUT2D eigenvalue weighted by Gasteiger charge is 2.36. The van der Waals surface area contributed by atoms with Crippen LogP contribution in [0.15, 0.2) is 0 Å². The first-order chi connectivity index (χ1) is 10.0. The fraction of sp³-hybridized carbons (Fsp3) is 0.938. The van der Waals surface area contributed by atoms with Crippen LogP contribution in [-0.4, -0.2) is 61.4 Å². The first kappa shape index (κ1) is 16.7. The molecule has 1 heterocycles. The topological polar surface area (TPSA) is 61.8 Å². The molecule has 0 bridgehead atoms. The number of carbonyl (C=O) groups is 1. The minimum atomic E-state index is -0.645. The van der Waals surface area contributed by atoms with E-state index in [0.717, 1.165) is 25.9 Å². The number of hydrogen-bond acceptors (Lipinski definition) is 5. The number of esters is 1. The molecule has 1 saturated heterocycles. The molecule has 1 unspecified atom stereocenters. The number of ether oxygens (including phenoxy) is 1. The molecule has 0 aromatic heterocycles. The summed E-state index contributed by atoms with van der Waals surface area (Å²) in [5.41, 5.74) is -0.645. The van der Waals surface area contributed by atoms with Crippen molar-refractivity contribution < 1.29 is 14.6 Å². The quantitative estimate of drug-likeness (QED) is 0.717. The monoisotopic (exact) mass is 298 g/mol. The van der Waals surface area contributed by atoms with Crippen LogP contribution in [0.5, 0.6) is 0 Å². The molecule has 2 fully saturated rings. The van der Waals surface area contributed by atoms with E-state index in [1.54, 1.807) is 0 Å². The molecule has 0 aromatic carbocycles. The molecule has 0 radical (unpaired) electrons. The van der Waals surface area contributed by atoms with Gasteiger partial charge in [0.25, 0.3) is 0 Å². The second kappa shape index (κ2) is 7.56. The Morgan fingerprint density at radius 1 is 1.38 bits per heavy atom. The fourth-order valence-corrected chi connectivity index (χ4v) is 3.53. The molecule has 0 amide bonds. The average Bonchev–Trinajstić information content (AvgIpc) is 2.85. The van der Waals surface area contributed by atoms with Crippen LogP contribution in [-0.2, 0) is 9.53 Å². The highest BCUT2D eigenvalue weighted by atomic mass is 16.5. The number of aliphatic hydroxyl groups is 1. The summed E-state index contributed by atoms with van der Waals surface area (Å²) >= 11 is 0. The maximum atomic E-state index is 11.7. The van der Waals surface area contributed by atoms with Gasteiger partial charge in [-0.15, -0.1) is 0 Å². The molecule has 5 heteroatoms. The Bertz CT molecular complexity index is 340. The SMILES string of the molecule is CCOC(=O)C1CCC(O)(CNCC2CCN(C)C2)CC1. The summed E-state index contributed by atoms with van der Waals surface area (Å²) < 4.78 is 5.07. The Labute approximate surface area is 128 Å². The molecule has 1 aliphatic heterocycles. The zero-order valence-electron chi connectivity index (χ0n) is 13.4. The summed E-state index contributed by atoms with van der Waals surface area (Å²) in [5.74, 6) is 0.588. The second-order valence-corrected chi connectivity index (χ2v) is 6.80. The van der Waals surface area contributed by atoms with Crippen molar-refractivity contribution in [1.82, 2.24) is 10.2 Å². The van der Waals surface area contributed by atoms with E-state index in [1.165, 1.54) is 13.0 Å². The maximum absolute atomic E-state index is 11.7. The van der Waals surface area contributed by atoms with E-state index in [9.17, 15) is 9.90 Å². The molecule has 2 aliphatic rings. The number of hydrogen-bond donors (Lipinski definition) is 2. The molecule has 0 spiro atoms. The van der Waals surface area contributed by atoms with E-state index < -0.39 is 5.60 Å². The van der Waals surface area contributed by atoms with Crippen molar-refractivity contribution in [3.05, 3.63) is 0 Å². The summed E-state index contributed by atoms with van der Waals surface area (Å²) in [7, 11) is 2.16. The molecule has 122 valence electrons. The third-order valence-corrected chi connectivity index (χ3v) is 4.91. The van der Waals surface area contributed by atoms with Gasteiger partial charge in [0.1, 0.15) is 0 Å². The van der Waals surface area contributed by atoms with Gasteiger partial charge in [0.2, 0.25) is 0 Å². The highest BCUT2D eigenvalue weighted by molar-refractivity contribution is 5.72. The van der Waals surface area contributed by atoms with Crippen LogP contribution in [0, 0.1) is 11.8 Å². The normalized spacial score (nSPS) is 34.0. The number of carbonyl (C=O) groups excluding carboxylic acids is 1. The van der Waals surface area contributed by atoms with Gasteiger partial charge in [0.05, 0.1) is 18.1 Å². The standard InChI is InChI=1S/C16H30N2O3/c1-3-21-15(19)14-4-7-16(20,8-5-14)12-17-10-13-6-9-18(2)11-13/h13-14,17,20H,3-12H2,1-2H3. The summed E-state index contributed by atoms with van der Waals surface area (Å²) in [4.78, 5) is 14.1. The van der Waals surface area contributed by atoms with E-state index >= 15 is 0 Å². The van der Waals surface area contributed by atoms with Gasteiger partial charge in [0, 0.05) is 13.1 Å². The Morgan fingerprint density at radius 2 is 2.10 bits per heavy atom. The van der Waals surface area contributed by atoms with E-state index in [4.69, 9.17) is 4.74 Å². The molecule has 21 heavy (non-hydrogen) atoms. The van der Waals surface area contributed by atoms with Gasteiger partial charge in [-0.05, 0) is 65.1 Å². The minimum Gasteiger partial charge on any atom is -0.466 e. The molecule has 1 atom stereocenters. The lowest BCUT2D eigenvalue weighted by molar-refractivity contribution is -0.151. The minimum absolute atomic E-state index is 0.0197. The predicted octanol–water partition coefficient (Wildman–Crippen LogP) is 1.01. The Morgan fingerprint density at radius 3 is 2.67 bits per heavy atom. The van der Waals surface area contributed by atoms with Gasteiger partial charge in [-0.2, -0.15) is 0 Å². The molecular weight excluding hydrogens is 268 g/mol. The number of likely N-dealkylation sites (tertiary alicyclic amines) is 1. The van der Waals surface area contributed by atoms with Gasteiger partial charge in [-0.25, -0.2) is 0 Å². The number of nitrogens with zero attached hydrogens (tertiary/aromatic N) is 1. The van der Waals surface area contributed by atoms with Gasteiger partial charge in [-0.3, -0.25) is 4.79 Å². The molecule has 5 nitrogen and oxygen atoms in total. The molecule has 1 saturated carbocycles. The molecule has 2 N–H and O–H groups in total. The van der Waals surface area contributed by atoms with Crippen LogP contribution in [0.25, 0.3) is 0 Å². The zero-order valence-corrected chi connectivity index (χ0v) is 13.4. The summed E-state index contributed by atoms with van der Waals surface area (Å²) in [6.45, 7) is 6.23. The van der Waals surface area contributed by atoms with Crippen LogP contribution >= 0.6 is 0 Å². The maximum Gasteiger partial charge on any atom is 0.308 e. The highest BCUT2D eigenvalue weighted by Crippen LogP contribution is 2.32. The van der Waals surface area contributed by atoms with E-state index in [1.807, 2.05) is 6.92 Å². The average molecular weight is 298 g/mol. The third-order valence-electron chi connectivity index (χ3n) is 4.91. The molecular formula is C16H30N2O3. The van der Waals surface area contributed by atoms with Crippen molar-refractivity contribution >= 4 is 5.97 Å².